The predicted octanol–water partition coefficient (Wildman–Crippen LogP) is -2.03. The average molecular weight is 345 g/mol. The zero-order chi connectivity index (χ0) is 17.9. The van der Waals surface area contributed by atoms with Crippen LogP contribution in [0.3, 0.4) is 0 Å². The molecule has 3 N–H and O–H groups in total. The van der Waals surface area contributed by atoms with E-state index < -0.39 is 42.4 Å². The molecule has 10 heteroatoms. The fraction of sp³-hybridized carbons (Fsp3) is 0.714. The molecule has 136 valence electrons. The van der Waals surface area contributed by atoms with Gasteiger partial charge in [0.25, 0.3) is 5.56 Å². The normalized spacial score (nSPS) is 27.1. The van der Waals surface area contributed by atoms with Gasteiger partial charge >= 0.3 is 5.69 Å². The SMILES string of the molecule is Cc1cn([C@@H]2O[C@H](CO)C(O)C2OCCON(C)C)c(=O)[nH]c1=O. The van der Waals surface area contributed by atoms with Gasteiger partial charge < -0.3 is 19.7 Å². The second-order valence-electron chi connectivity index (χ2n) is 5.70. The van der Waals surface area contributed by atoms with Crippen molar-refractivity contribution in [2.24, 2.45) is 0 Å². The van der Waals surface area contributed by atoms with E-state index in [9.17, 15) is 19.8 Å². The van der Waals surface area contributed by atoms with Crippen molar-refractivity contribution in [1.82, 2.24) is 14.6 Å². The number of nitrogens with one attached hydrogen (secondary N) is 1. The third-order valence-electron chi connectivity index (χ3n) is 3.66. The van der Waals surface area contributed by atoms with Crippen molar-refractivity contribution in [3.63, 3.8) is 0 Å². The summed E-state index contributed by atoms with van der Waals surface area (Å²) in [5.41, 5.74) is -0.861. The summed E-state index contributed by atoms with van der Waals surface area (Å²) < 4.78 is 12.3. The fourth-order valence-corrected chi connectivity index (χ4v) is 2.45. The van der Waals surface area contributed by atoms with Crippen molar-refractivity contribution >= 4 is 0 Å². The van der Waals surface area contributed by atoms with Gasteiger partial charge in [0, 0.05) is 25.9 Å². The lowest BCUT2D eigenvalue weighted by Crippen LogP contribution is -2.40. The van der Waals surface area contributed by atoms with Crippen LogP contribution in [-0.2, 0) is 14.3 Å². The van der Waals surface area contributed by atoms with Crippen molar-refractivity contribution in [2.75, 3.05) is 33.9 Å². The van der Waals surface area contributed by atoms with Crippen molar-refractivity contribution in [1.29, 1.82) is 0 Å². The van der Waals surface area contributed by atoms with Crippen molar-refractivity contribution in [2.45, 2.75) is 31.5 Å². The Morgan fingerprint density at radius 3 is 2.71 bits per heavy atom. The molecule has 24 heavy (non-hydrogen) atoms. The second-order valence-corrected chi connectivity index (χ2v) is 5.70. The molecule has 0 saturated carbocycles. The van der Waals surface area contributed by atoms with Crippen LogP contribution in [0.15, 0.2) is 15.8 Å². The summed E-state index contributed by atoms with van der Waals surface area (Å²) >= 11 is 0. The molecule has 0 aromatic carbocycles. The minimum absolute atomic E-state index is 0.148. The van der Waals surface area contributed by atoms with E-state index in [-0.39, 0.29) is 13.2 Å². The molecule has 2 rings (SSSR count). The number of aromatic nitrogens is 2. The number of H-pyrrole nitrogens is 1. The number of nitrogens with zero attached hydrogens (tertiary/aromatic N) is 2. The number of ether oxygens (including phenoxy) is 2. The molecule has 1 aliphatic heterocycles. The summed E-state index contributed by atoms with van der Waals surface area (Å²) in [7, 11) is 3.45. The van der Waals surface area contributed by atoms with Crippen LogP contribution in [0.1, 0.15) is 11.8 Å². The Bertz CT molecular complexity index is 657. The highest BCUT2D eigenvalue weighted by Crippen LogP contribution is 2.30. The van der Waals surface area contributed by atoms with Gasteiger partial charge in [0.15, 0.2) is 6.23 Å². The topological polar surface area (TPSA) is 126 Å². The van der Waals surface area contributed by atoms with Crippen LogP contribution in [0.2, 0.25) is 0 Å². The van der Waals surface area contributed by atoms with E-state index in [1.54, 1.807) is 21.0 Å². The molecular formula is C14H23N3O7. The van der Waals surface area contributed by atoms with Crippen LogP contribution in [-0.4, -0.2) is 77.1 Å². The Morgan fingerprint density at radius 2 is 2.08 bits per heavy atom. The summed E-state index contributed by atoms with van der Waals surface area (Å²) in [6, 6.07) is 0. The zero-order valence-corrected chi connectivity index (χ0v) is 13.8. The Hall–Kier alpha value is -1.56. The van der Waals surface area contributed by atoms with Gasteiger partial charge in [0.2, 0.25) is 0 Å². The number of hydroxylamine groups is 2. The van der Waals surface area contributed by atoms with Crippen LogP contribution in [0.25, 0.3) is 0 Å². The standard InChI is InChI=1S/C14H23N3O7/c1-8-6-17(14(21)15-12(8)20)13-11(10(19)9(7-18)24-13)22-4-5-23-16(2)3/h6,9-11,13,18-19H,4-5,7H2,1-3H3,(H,15,20,21)/t9-,10?,11?,13-/m1/s1. The quantitative estimate of drug-likeness (QED) is 0.382. The number of hydrogen-bond donors (Lipinski definition) is 3. The molecule has 2 unspecified atom stereocenters. The van der Waals surface area contributed by atoms with Gasteiger partial charge in [0.1, 0.15) is 18.3 Å². The Balaban J connectivity index is 2.20. The smallest absolute Gasteiger partial charge is 0.330 e. The first-order valence-electron chi connectivity index (χ1n) is 7.53. The molecule has 2 heterocycles. The van der Waals surface area contributed by atoms with E-state index in [0.29, 0.717) is 5.56 Å². The first kappa shape index (κ1) is 18.8. The first-order valence-corrected chi connectivity index (χ1v) is 7.53. The third-order valence-corrected chi connectivity index (χ3v) is 3.66. The van der Waals surface area contributed by atoms with Gasteiger partial charge in [-0.1, -0.05) is 0 Å². The van der Waals surface area contributed by atoms with E-state index in [1.807, 2.05) is 0 Å². The summed E-state index contributed by atoms with van der Waals surface area (Å²) in [6.45, 7) is 1.51. The molecule has 1 aromatic heterocycles. The molecule has 1 aromatic rings. The predicted molar refractivity (Wildman–Crippen MR) is 82.4 cm³/mol. The Morgan fingerprint density at radius 1 is 1.38 bits per heavy atom. The number of aliphatic hydroxyl groups excluding tert-OH is 2. The highest BCUT2D eigenvalue weighted by atomic mass is 16.7. The molecule has 1 aliphatic rings. The number of aryl methyl sites for hydroxylation is 1. The summed E-state index contributed by atoms with van der Waals surface area (Å²) in [5, 5.41) is 21.1. The van der Waals surface area contributed by atoms with Crippen molar-refractivity contribution in [3.8, 4) is 0 Å². The third kappa shape index (κ3) is 4.09. The van der Waals surface area contributed by atoms with Crippen LogP contribution >= 0.6 is 0 Å². The Kier molecular flexibility index (Phi) is 6.27. The lowest BCUT2D eigenvalue weighted by molar-refractivity contribution is -0.151. The van der Waals surface area contributed by atoms with Crippen LogP contribution < -0.4 is 11.2 Å². The molecule has 0 bridgehead atoms. The monoisotopic (exact) mass is 345 g/mol. The molecule has 1 fully saturated rings. The van der Waals surface area contributed by atoms with Crippen LogP contribution in [0.4, 0.5) is 0 Å². The van der Waals surface area contributed by atoms with E-state index >= 15 is 0 Å². The van der Waals surface area contributed by atoms with Gasteiger partial charge in [-0.3, -0.25) is 19.2 Å². The first-order chi connectivity index (χ1) is 11.3. The zero-order valence-electron chi connectivity index (χ0n) is 13.8. The number of aromatic amines is 1. The lowest BCUT2D eigenvalue weighted by Gasteiger charge is -2.22. The minimum atomic E-state index is -1.13. The van der Waals surface area contributed by atoms with Crippen molar-refractivity contribution < 1.29 is 24.5 Å². The molecular weight excluding hydrogens is 322 g/mol. The molecule has 1 saturated heterocycles. The number of aliphatic hydroxyl groups is 2. The maximum Gasteiger partial charge on any atom is 0.330 e. The Labute approximate surface area is 138 Å². The fourth-order valence-electron chi connectivity index (χ4n) is 2.45. The van der Waals surface area contributed by atoms with Crippen LogP contribution in [0.5, 0.6) is 0 Å². The number of hydrogen-bond acceptors (Lipinski definition) is 8. The van der Waals surface area contributed by atoms with E-state index in [2.05, 4.69) is 4.98 Å². The molecule has 4 atom stereocenters. The molecule has 0 spiro atoms. The van der Waals surface area contributed by atoms with Gasteiger partial charge in [-0.05, 0) is 6.92 Å². The van der Waals surface area contributed by atoms with E-state index in [0.717, 1.165) is 4.57 Å². The lowest BCUT2D eigenvalue weighted by atomic mass is 10.1. The summed E-state index contributed by atoms with van der Waals surface area (Å²) in [4.78, 5) is 30.9. The number of rotatable bonds is 7. The van der Waals surface area contributed by atoms with Crippen molar-refractivity contribution in [3.05, 3.63) is 32.6 Å². The highest BCUT2D eigenvalue weighted by Gasteiger charge is 2.45. The highest BCUT2D eigenvalue weighted by molar-refractivity contribution is 5.03. The molecule has 0 amide bonds. The molecule has 10 nitrogen and oxygen atoms in total. The molecule has 0 aliphatic carbocycles. The average Bonchev–Trinajstić information content (AvgIpc) is 2.83. The van der Waals surface area contributed by atoms with E-state index in [1.165, 1.54) is 11.3 Å². The maximum absolute atomic E-state index is 12.0. The van der Waals surface area contributed by atoms with Gasteiger partial charge in [0.05, 0.1) is 19.8 Å². The summed E-state index contributed by atoms with van der Waals surface area (Å²) in [6.07, 6.45) is -2.55. The largest absolute Gasteiger partial charge is 0.394 e. The van der Waals surface area contributed by atoms with E-state index in [4.69, 9.17) is 14.3 Å². The second kappa shape index (κ2) is 8.01. The molecule has 0 radical (unpaired) electrons. The summed E-state index contributed by atoms with van der Waals surface area (Å²) in [5.74, 6) is 0. The van der Waals surface area contributed by atoms with Gasteiger partial charge in [-0.25, -0.2) is 4.79 Å². The maximum atomic E-state index is 12.0. The van der Waals surface area contributed by atoms with Gasteiger partial charge in [-0.2, -0.15) is 5.06 Å². The minimum Gasteiger partial charge on any atom is -0.394 e. The van der Waals surface area contributed by atoms with Gasteiger partial charge in [-0.15, -0.1) is 0 Å². The van der Waals surface area contributed by atoms with Crippen LogP contribution in [0, 0.1) is 6.92 Å².